The molecule has 9 heavy (non-hydrogen) atoms. The zero-order valence-corrected chi connectivity index (χ0v) is 5.60. The van der Waals surface area contributed by atoms with Crippen LogP contribution in [0.25, 0.3) is 0 Å². The van der Waals surface area contributed by atoms with E-state index in [4.69, 9.17) is 11.6 Å². The van der Waals surface area contributed by atoms with Crippen LogP contribution in [0.4, 0.5) is 5.69 Å². The van der Waals surface area contributed by atoms with Crippen molar-refractivity contribution in [2.75, 3.05) is 0 Å². The maximum Gasteiger partial charge on any atom is 0.0623 e. The van der Waals surface area contributed by atoms with Crippen molar-refractivity contribution < 1.29 is 0 Å². The van der Waals surface area contributed by atoms with Crippen LogP contribution >= 0.6 is 11.6 Å². The van der Waals surface area contributed by atoms with E-state index in [9.17, 15) is 0 Å². The van der Waals surface area contributed by atoms with Gasteiger partial charge in [-0.15, -0.1) is 0 Å². The molecule has 1 aromatic carbocycles. The first kappa shape index (κ1) is 6.30. The van der Waals surface area contributed by atoms with Crippen molar-refractivity contribution in [3.05, 3.63) is 29.3 Å². The zero-order chi connectivity index (χ0) is 6.69. The van der Waals surface area contributed by atoms with Crippen molar-refractivity contribution in [1.29, 1.82) is 0 Å². The summed E-state index contributed by atoms with van der Waals surface area (Å²) in [5.74, 6) is 0. The minimum Gasteiger partial charge on any atom is -0.265 e. The van der Waals surface area contributed by atoms with Gasteiger partial charge in [0, 0.05) is 5.02 Å². The smallest absolute Gasteiger partial charge is 0.0623 e. The highest BCUT2D eigenvalue weighted by Crippen LogP contribution is 2.14. The minimum atomic E-state index is 0.724. The van der Waals surface area contributed by atoms with Crippen LogP contribution in [0.1, 0.15) is 0 Å². The van der Waals surface area contributed by atoms with Gasteiger partial charge in [0.15, 0.2) is 0 Å². The third kappa shape index (κ3) is 1.54. The molecule has 0 saturated heterocycles. The zero-order valence-electron chi connectivity index (χ0n) is 4.84. The third-order valence-corrected chi connectivity index (χ3v) is 1.26. The summed E-state index contributed by atoms with van der Waals surface area (Å²) < 4.78 is 0. The van der Waals surface area contributed by atoms with Crippen LogP contribution in [0.5, 0.6) is 0 Å². The van der Waals surface area contributed by atoms with Crippen molar-refractivity contribution in [2.45, 2.75) is 0 Å². The molecular weight excluding hydrogens is 134 g/mol. The molecule has 1 aromatic rings. The normalized spacial score (nSPS) is 9.00. The molecule has 0 aliphatic rings. The Balaban J connectivity index is 3.01. The Labute approximate surface area is 59.0 Å². The molecule has 0 spiro atoms. The summed E-state index contributed by atoms with van der Waals surface area (Å²) in [5, 5.41) is 0.724. The van der Waals surface area contributed by atoms with Crippen molar-refractivity contribution in [2.24, 2.45) is 4.99 Å². The van der Waals surface area contributed by atoms with Crippen LogP contribution in [0.15, 0.2) is 29.3 Å². The fourth-order valence-corrected chi connectivity index (χ4v) is 0.672. The van der Waals surface area contributed by atoms with Gasteiger partial charge in [0.2, 0.25) is 0 Å². The molecule has 2 heteroatoms. The van der Waals surface area contributed by atoms with E-state index in [1.807, 2.05) is 12.1 Å². The van der Waals surface area contributed by atoms with Gasteiger partial charge in [0.25, 0.3) is 0 Å². The average Bonchev–Trinajstić information content (AvgIpc) is 1.90. The molecule has 0 bridgehead atoms. The van der Waals surface area contributed by atoms with Gasteiger partial charge in [-0.1, -0.05) is 11.6 Å². The monoisotopic (exact) mass is 139 g/mol. The summed E-state index contributed by atoms with van der Waals surface area (Å²) in [6.45, 7) is 3.37. The first-order chi connectivity index (χ1) is 4.33. The number of halogens is 1. The number of hydrogen-bond acceptors (Lipinski definition) is 1. The van der Waals surface area contributed by atoms with Crippen LogP contribution in [-0.2, 0) is 0 Å². The van der Waals surface area contributed by atoms with Gasteiger partial charge in [0.1, 0.15) is 0 Å². The van der Waals surface area contributed by atoms with Crippen molar-refractivity contribution in [1.82, 2.24) is 0 Å². The number of hydrogen-bond donors (Lipinski definition) is 0. The molecule has 0 aliphatic heterocycles. The number of benzene rings is 1. The molecule has 0 aromatic heterocycles. The topological polar surface area (TPSA) is 12.4 Å². The standard InChI is InChI=1S/C7H6ClN/c1-9-7-4-2-6(8)3-5-7/h2-5H,1H2. The van der Waals surface area contributed by atoms with E-state index < -0.39 is 0 Å². The molecule has 0 fully saturated rings. The van der Waals surface area contributed by atoms with Crippen molar-refractivity contribution >= 4 is 24.0 Å². The van der Waals surface area contributed by atoms with Crippen LogP contribution in [0.3, 0.4) is 0 Å². The number of aliphatic imine (C=N–C) groups is 1. The molecule has 1 rings (SSSR count). The summed E-state index contributed by atoms with van der Waals surface area (Å²) in [5.41, 5.74) is 0.847. The van der Waals surface area contributed by atoms with E-state index in [1.165, 1.54) is 0 Å². The van der Waals surface area contributed by atoms with Gasteiger partial charge in [-0.2, -0.15) is 0 Å². The first-order valence-electron chi connectivity index (χ1n) is 2.55. The molecule has 0 heterocycles. The summed E-state index contributed by atoms with van der Waals surface area (Å²) in [6.07, 6.45) is 0. The fourth-order valence-electron chi connectivity index (χ4n) is 0.547. The van der Waals surface area contributed by atoms with Gasteiger partial charge in [-0.3, -0.25) is 4.99 Å². The maximum absolute atomic E-state index is 5.61. The van der Waals surface area contributed by atoms with E-state index >= 15 is 0 Å². The first-order valence-corrected chi connectivity index (χ1v) is 2.93. The predicted molar refractivity (Wildman–Crippen MR) is 40.7 cm³/mol. The van der Waals surface area contributed by atoms with Crippen molar-refractivity contribution in [3.8, 4) is 0 Å². The van der Waals surface area contributed by atoms with E-state index in [0.717, 1.165) is 10.7 Å². The van der Waals surface area contributed by atoms with Crippen LogP contribution in [-0.4, -0.2) is 6.72 Å². The summed E-state index contributed by atoms with van der Waals surface area (Å²) >= 11 is 5.61. The number of nitrogens with zero attached hydrogens (tertiary/aromatic N) is 1. The van der Waals surface area contributed by atoms with Crippen LogP contribution in [0, 0.1) is 0 Å². The highest BCUT2D eigenvalue weighted by atomic mass is 35.5. The minimum absolute atomic E-state index is 0.724. The predicted octanol–water partition coefficient (Wildman–Crippen LogP) is 2.67. The highest BCUT2D eigenvalue weighted by molar-refractivity contribution is 6.30. The Kier molecular flexibility index (Phi) is 1.85. The van der Waals surface area contributed by atoms with Gasteiger partial charge >= 0.3 is 0 Å². The van der Waals surface area contributed by atoms with Gasteiger partial charge in [0.05, 0.1) is 5.69 Å². The van der Waals surface area contributed by atoms with Crippen molar-refractivity contribution in [3.63, 3.8) is 0 Å². The molecule has 1 nitrogen and oxygen atoms in total. The molecule has 46 valence electrons. The molecular formula is C7H6ClN. The maximum atomic E-state index is 5.61. The lowest BCUT2D eigenvalue weighted by atomic mass is 10.3. The average molecular weight is 140 g/mol. The van der Waals surface area contributed by atoms with Gasteiger partial charge < -0.3 is 0 Å². The molecule has 0 N–H and O–H groups in total. The van der Waals surface area contributed by atoms with E-state index in [2.05, 4.69) is 11.7 Å². The van der Waals surface area contributed by atoms with E-state index in [-0.39, 0.29) is 0 Å². The van der Waals surface area contributed by atoms with Crippen LogP contribution in [0.2, 0.25) is 5.02 Å². The molecule has 0 atom stereocenters. The second-order valence-corrected chi connectivity index (χ2v) is 2.07. The van der Waals surface area contributed by atoms with Crippen LogP contribution < -0.4 is 0 Å². The fraction of sp³-hybridized carbons (Fsp3) is 0. The Bertz CT molecular complexity index is 203. The lowest BCUT2D eigenvalue weighted by Gasteiger charge is -1.89. The summed E-state index contributed by atoms with van der Waals surface area (Å²) in [4.78, 5) is 3.70. The molecule has 0 radical (unpaired) electrons. The van der Waals surface area contributed by atoms with Gasteiger partial charge in [-0.25, -0.2) is 0 Å². The lowest BCUT2D eigenvalue weighted by Crippen LogP contribution is -1.61. The summed E-state index contributed by atoms with van der Waals surface area (Å²) in [6, 6.07) is 7.20. The van der Waals surface area contributed by atoms with Gasteiger partial charge in [-0.05, 0) is 31.0 Å². The lowest BCUT2D eigenvalue weighted by molar-refractivity contribution is 1.55. The van der Waals surface area contributed by atoms with E-state index in [1.54, 1.807) is 12.1 Å². The summed E-state index contributed by atoms with van der Waals surface area (Å²) in [7, 11) is 0. The highest BCUT2D eigenvalue weighted by Gasteiger charge is 1.85. The third-order valence-electron chi connectivity index (χ3n) is 1.01. The Morgan fingerprint density at radius 3 is 2.22 bits per heavy atom. The Morgan fingerprint density at radius 1 is 1.22 bits per heavy atom. The van der Waals surface area contributed by atoms with E-state index in [0.29, 0.717) is 0 Å². The molecule has 0 aliphatic carbocycles. The quantitative estimate of drug-likeness (QED) is 0.531. The molecule has 0 amide bonds. The molecule has 0 saturated carbocycles. The second-order valence-electron chi connectivity index (χ2n) is 1.63. The Morgan fingerprint density at radius 2 is 1.78 bits per heavy atom. The number of rotatable bonds is 1. The SMILES string of the molecule is C=Nc1ccc(Cl)cc1. The largest absolute Gasteiger partial charge is 0.265 e. The molecule has 0 unspecified atom stereocenters. The second kappa shape index (κ2) is 2.65. The Hall–Kier alpha value is -0.820.